The molecule has 1 saturated heterocycles. The molecule has 1 fully saturated rings. The van der Waals surface area contributed by atoms with Crippen molar-refractivity contribution in [3.05, 3.63) is 28.2 Å². The molecular weight excluding hydrogens is 294 g/mol. The van der Waals surface area contributed by atoms with E-state index in [-0.39, 0.29) is 0 Å². The van der Waals surface area contributed by atoms with Gasteiger partial charge in [-0.05, 0) is 42.6 Å². The molecule has 3 nitrogen and oxygen atoms in total. The molecule has 100 valence electrons. The number of nitrogens with zero attached hydrogens (tertiary/aromatic N) is 1. The summed E-state index contributed by atoms with van der Waals surface area (Å²) in [5, 5.41) is 9.54. The van der Waals surface area contributed by atoms with Gasteiger partial charge < -0.3 is 9.84 Å². The second-order valence-corrected chi connectivity index (χ2v) is 5.91. The number of phenolic OH excluding ortho intramolecular Hbond substituents is 1. The summed E-state index contributed by atoms with van der Waals surface area (Å²) in [7, 11) is 1.79. The minimum absolute atomic E-state index is 0.315. The van der Waals surface area contributed by atoms with Crippen molar-refractivity contribution in [2.45, 2.75) is 26.0 Å². The third kappa shape index (κ3) is 3.25. The van der Waals surface area contributed by atoms with E-state index in [1.807, 2.05) is 12.1 Å². The molecular formula is C14H20BrNO2. The highest BCUT2D eigenvalue weighted by Crippen LogP contribution is 2.26. The summed E-state index contributed by atoms with van der Waals surface area (Å²) >= 11 is 3.53. The Kier molecular flexibility index (Phi) is 4.65. The van der Waals surface area contributed by atoms with Crippen molar-refractivity contribution in [1.29, 1.82) is 0 Å². The van der Waals surface area contributed by atoms with Crippen molar-refractivity contribution < 1.29 is 9.84 Å². The summed E-state index contributed by atoms with van der Waals surface area (Å²) in [6.45, 7) is 5.14. The van der Waals surface area contributed by atoms with E-state index in [0.717, 1.165) is 36.1 Å². The molecule has 0 aromatic heterocycles. The van der Waals surface area contributed by atoms with Gasteiger partial charge in [-0.25, -0.2) is 0 Å². The molecule has 1 heterocycles. The van der Waals surface area contributed by atoms with Crippen LogP contribution in [0.3, 0.4) is 0 Å². The third-order valence-corrected chi connectivity index (χ3v) is 4.47. The lowest BCUT2D eigenvalue weighted by molar-refractivity contribution is -0.00751. The van der Waals surface area contributed by atoms with Crippen molar-refractivity contribution >= 4 is 15.9 Å². The molecule has 0 amide bonds. The normalized spacial score (nSPS) is 25.3. The molecule has 0 bridgehead atoms. The highest BCUT2D eigenvalue weighted by atomic mass is 79.9. The third-order valence-electron chi connectivity index (χ3n) is 3.70. The highest BCUT2D eigenvalue weighted by Gasteiger charge is 2.26. The number of methoxy groups -OCH3 is 1. The van der Waals surface area contributed by atoms with Gasteiger partial charge in [-0.2, -0.15) is 0 Å². The molecule has 18 heavy (non-hydrogen) atoms. The minimum Gasteiger partial charge on any atom is -0.508 e. The Bertz CT molecular complexity index is 411. The van der Waals surface area contributed by atoms with Gasteiger partial charge in [0.25, 0.3) is 0 Å². The van der Waals surface area contributed by atoms with Crippen LogP contribution in [0.5, 0.6) is 5.75 Å². The van der Waals surface area contributed by atoms with Crippen LogP contribution in [0.4, 0.5) is 0 Å². The summed E-state index contributed by atoms with van der Waals surface area (Å²) < 4.78 is 6.57. The average Bonchev–Trinajstić information content (AvgIpc) is 2.36. The van der Waals surface area contributed by atoms with Gasteiger partial charge in [0.05, 0.1) is 6.10 Å². The summed E-state index contributed by atoms with van der Waals surface area (Å²) in [5.74, 6) is 0.945. The van der Waals surface area contributed by atoms with Crippen molar-refractivity contribution in [2.75, 3.05) is 20.2 Å². The van der Waals surface area contributed by atoms with E-state index in [2.05, 4.69) is 27.8 Å². The van der Waals surface area contributed by atoms with Crippen LogP contribution in [0.25, 0.3) is 0 Å². The Hall–Kier alpha value is -0.580. The Balaban J connectivity index is 2.03. The molecule has 2 unspecified atom stereocenters. The number of benzene rings is 1. The average molecular weight is 314 g/mol. The first kappa shape index (κ1) is 13.8. The number of hydrogen-bond donors (Lipinski definition) is 1. The Labute approximate surface area is 117 Å². The zero-order chi connectivity index (χ0) is 13.1. The lowest BCUT2D eigenvalue weighted by Crippen LogP contribution is -2.43. The van der Waals surface area contributed by atoms with E-state index in [0.29, 0.717) is 17.8 Å². The zero-order valence-electron chi connectivity index (χ0n) is 10.9. The van der Waals surface area contributed by atoms with Crippen LogP contribution < -0.4 is 0 Å². The molecule has 1 aromatic rings. The number of hydrogen-bond acceptors (Lipinski definition) is 3. The maximum atomic E-state index is 9.54. The SMILES string of the molecule is COC1CN(Cc2cc(O)ccc2Br)CCC1C. The van der Waals surface area contributed by atoms with E-state index in [9.17, 15) is 5.11 Å². The molecule has 2 atom stereocenters. The monoisotopic (exact) mass is 313 g/mol. The van der Waals surface area contributed by atoms with Gasteiger partial charge in [0.15, 0.2) is 0 Å². The van der Waals surface area contributed by atoms with Gasteiger partial charge in [0, 0.05) is 24.7 Å². The zero-order valence-corrected chi connectivity index (χ0v) is 12.5. The lowest BCUT2D eigenvalue weighted by atomic mass is 9.95. The maximum Gasteiger partial charge on any atom is 0.115 e. The van der Waals surface area contributed by atoms with Crippen LogP contribution in [0, 0.1) is 5.92 Å². The van der Waals surface area contributed by atoms with Gasteiger partial charge in [-0.1, -0.05) is 22.9 Å². The maximum absolute atomic E-state index is 9.54. The largest absolute Gasteiger partial charge is 0.508 e. The number of phenols is 1. The van der Waals surface area contributed by atoms with E-state index < -0.39 is 0 Å². The Morgan fingerprint density at radius 2 is 2.28 bits per heavy atom. The predicted octanol–water partition coefficient (Wildman–Crippen LogP) is 3.01. The van der Waals surface area contributed by atoms with E-state index in [1.54, 1.807) is 13.2 Å². The van der Waals surface area contributed by atoms with Crippen LogP contribution >= 0.6 is 15.9 Å². The van der Waals surface area contributed by atoms with Gasteiger partial charge in [-0.15, -0.1) is 0 Å². The second-order valence-electron chi connectivity index (χ2n) is 5.05. The van der Waals surface area contributed by atoms with Crippen LogP contribution in [-0.4, -0.2) is 36.3 Å². The molecule has 4 heteroatoms. The van der Waals surface area contributed by atoms with Gasteiger partial charge in [0.2, 0.25) is 0 Å². The number of piperidine rings is 1. The lowest BCUT2D eigenvalue weighted by Gasteiger charge is -2.36. The second kappa shape index (κ2) is 6.04. The fraction of sp³-hybridized carbons (Fsp3) is 0.571. The van der Waals surface area contributed by atoms with Crippen LogP contribution in [0.15, 0.2) is 22.7 Å². The molecule has 2 rings (SSSR count). The molecule has 1 aromatic carbocycles. The summed E-state index contributed by atoms with van der Waals surface area (Å²) in [5.41, 5.74) is 1.12. The summed E-state index contributed by atoms with van der Waals surface area (Å²) in [4.78, 5) is 2.38. The van der Waals surface area contributed by atoms with Crippen molar-refractivity contribution in [2.24, 2.45) is 5.92 Å². The van der Waals surface area contributed by atoms with Crippen molar-refractivity contribution in [3.63, 3.8) is 0 Å². The first-order valence-corrected chi connectivity index (χ1v) is 7.12. The molecule has 1 aliphatic rings. The van der Waals surface area contributed by atoms with Gasteiger partial charge >= 0.3 is 0 Å². The number of aromatic hydroxyl groups is 1. The van der Waals surface area contributed by atoms with Crippen LogP contribution in [0.1, 0.15) is 18.9 Å². The summed E-state index contributed by atoms with van der Waals surface area (Å²) in [6, 6.07) is 5.42. The van der Waals surface area contributed by atoms with E-state index in [4.69, 9.17) is 4.74 Å². The smallest absolute Gasteiger partial charge is 0.115 e. The fourth-order valence-electron chi connectivity index (χ4n) is 2.47. The topological polar surface area (TPSA) is 32.7 Å². The van der Waals surface area contributed by atoms with Crippen molar-refractivity contribution in [3.8, 4) is 5.75 Å². The van der Waals surface area contributed by atoms with E-state index in [1.165, 1.54) is 0 Å². The molecule has 1 aliphatic heterocycles. The Morgan fingerprint density at radius 1 is 1.50 bits per heavy atom. The molecule has 0 radical (unpaired) electrons. The molecule has 0 aliphatic carbocycles. The number of rotatable bonds is 3. The molecule has 0 saturated carbocycles. The molecule has 0 spiro atoms. The quantitative estimate of drug-likeness (QED) is 0.931. The first-order chi connectivity index (χ1) is 8.60. The van der Waals surface area contributed by atoms with Crippen LogP contribution in [0.2, 0.25) is 0 Å². The predicted molar refractivity (Wildman–Crippen MR) is 75.7 cm³/mol. The van der Waals surface area contributed by atoms with E-state index >= 15 is 0 Å². The first-order valence-electron chi connectivity index (χ1n) is 6.32. The number of ether oxygens (including phenoxy) is 1. The van der Waals surface area contributed by atoms with Crippen LogP contribution in [-0.2, 0) is 11.3 Å². The van der Waals surface area contributed by atoms with Crippen molar-refractivity contribution in [1.82, 2.24) is 4.90 Å². The van der Waals surface area contributed by atoms with Gasteiger partial charge in [0.1, 0.15) is 5.75 Å². The standard InChI is InChI=1S/C14H20BrNO2/c1-10-5-6-16(9-14(10)18-2)8-11-7-12(17)3-4-13(11)15/h3-4,7,10,14,17H,5-6,8-9H2,1-2H3. The molecule has 1 N–H and O–H groups in total. The van der Waals surface area contributed by atoms with Gasteiger partial charge in [-0.3, -0.25) is 4.90 Å². The number of likely N-dealkylation sites (tertiary alicyclic amines) is 1. The fourth-order valence-corrected chi connectivity index (χ4v) is 2.84. The minimum atomic E-state index is 0.315. The summed E-state index contributed by atoms with van der Waals surface area (Å²) in [6.07, 6.45) is 1.48. The number of halogens is 1. The Morgan fingerprint density at radius 3 is 3.00 bits per heavy atom. The highest BCUT2D eigenvalue weighted by molar-refractivity contribution is 9.10.